The molecule has 2 aromatic heterocycles. The molecule has 5 heteroatoms. The van der Waals surface area contributed by atoms with E-state index in [4.69, 9.17) is 9.52 Å². The molecule has 0 N–H and O–H groups in total. The molecule has 6 rings (SSSR count). The minimum atomic E-state index is -0.0347. The highest BCUT2D eigenvalue weighted by molar-refractivity contribution is 5.94. The number of furan rings is 1. The molecule has 1 amide bonds. The Morgan fingerprint density at radius 2 is 1.41 bits per heavy atom. The second-order valence-electron chi connectivity index (χ2n) is 8.94. The molecule has 0 aliphatic heterocycles. The van der Waals surface area contributed by atoms with Crippen molar-refractivity contribution >= 4 is 16.9 Å². The van der Waals surface area contributed by atoms with Gasteiger partial charge in [-0.1, -0.05) is 84.9 Å². The van der Waals surface area contributed by atoms with Crippen LogP contribution in [0.15, 0.2) is 132 Å². The molecule has 0 unspecified atom stereocenters. The van der Waals surface area contributed by atoms with Crippen molar-refractivity contribution in [2.45, 2.75) is 13.1 Å². The van der Waals surface area contributed by atoms with Crippen molar-refractivity contribution in [1.29, 1.82) is 0 Å². The van der Waals surface area contributed by atoms with E-state index in [1.165, 1.54) is 0 Å². The quantitative estimate of drug-likeness (QED) is 0.243. The summed E-state index contributed by atoms with van der Waals surface area (Å²) in [5.74, 6) is 0.644. The van der Waals surface area contributed by atoms with Gasteiger partial charge in [-0.3, -0.25) is 4.79 Å². The summed E-state index contributed by atoms with van der Waals surface area (Å²) >= 11 is 0. The van der Waals surface area contributed by atoms with Crippen molar-refractivity contribution in [3.05, 3.63) is 144 Å². The number of nitrogens with zero attached hydrogens (tertiary/aromatic N) is 3. The number of amides is 1. The Labute approximate surface area is 215 Å². The maximum absolute atomic E-state index is 13.7. The summed E-state index contributed by atoms with van der Waals surface area (Å²) in [7, 11) is 0. The number of hydrogen-bond acceptors (Lipinski definition) is 3. The van der Waals surface area contributed by atoms with Crippen LogP contribution in [0, 0.1) is 0 Å². The van der Waals surface area contributed by atoms with Crippen LogP contribution in [0.5, 0.6) is 0 Å². The molecule has 0 saturated carbocycles. The Morgan fingerprint density at radius 1 is 0.757 bits per heavy atom. The van der Waals surface area contributed by atoms with Crippen LogP contribution in [0.1, 0.15) is 21.5 Å². The van der Waals surface area contributed by atoms with Crippen molar-refractivity contribution in [2.75, 3.05) is 0 Å². The minimum Gasteiger partial charge on any atom is -0.454 e. The van der Waals surface area contributed by atoms with E-state index in [0.29, 0.717) is 24.4 Å². The number of aromatic nitrogens is 2. The zero-order valence-electron chi connectivity index (χ0n) is 20.2. The molecule has 4 aromatic carbocycles. The van der Waals surface area contributed by atoms with Crippen LogP contribution >= 0.6 is 0 Å². The predicted octanol–water partition coefficient (Wildman–Crippen LogP) is 7.13. The van der Waals surface area contributed by atoms with Gasteiger partial charge in [0.15, 0.2) is 5.76 Å². The number of para-hydroxylation sites is 2. The van der Waals surface area contributed by atoms with Crippen LogP contribution in [-0.2, 0) is 13.1 Å². The second-order valence-corrected chi connectivity index (χ2v) is 8.94. The Hall–Kier alpha value is -4.90. The fourth-order valence-electron chi connectivity index (χ4n) is 4.52. The van der Waals surface area contributed by atoms with E-state index in [-0.39, 0.29) is 5.91 Å². The fraction of sp³-hybridized carbons (Fsp3) is 0.0625. The second kappa shape index (κ2) is 9.99. The van der Waals surface area contributed by atoms with E-state index in [1.807, 2.05) is 137 Å². The van der Waals surface area contributed by atoms with Gasteiger partial charge in [0, 0.05) is 29.3 Å². The van der Waals surface area contributed by atoms with Crippen molar-refractivity contribution in [3.8, 4) is 17.1 Å². The molecule has 2 heterocycles. The van der Waals surface area contributed by atoms with Gasteiger partial charge in [-0.25, -0.2) is 4.68 Å². The van der Waals surface area contributed by atoms with E-state index >= 15 is 0 Å². The summed E-state index contributed by atoms with van der Waals surface area (Å²) in [6.07, 6.45) is 1.99. The van der Waals surface area contributed by atoms with Crippen molar-refractivity contribution in [1.82, 2.24) is 14.7 Å². The molecule has 6 aromatic rings. The number of carbonyl (C=O) groups excluding carboxylic acids is 1. The molecule has 0 bridgehead atoms. The third-order valence-corrected chi connectivity index (χ3v) is 6.36. The zero-order chi connectivity index (χ0) is 25.0. The van der Waals surface area contributed by atoms with Gasteiger partial charge in [-0.15, -0.1) is 0 Å². The highest BCUT2D eigenvalue weighted by Gasteiger charge is 2.22. The smallest absolute Gasteiger partial charge is 0.254 e. The molecule has 0 saturated heterocycles. The standard InChI is InChI=1S/C32H25N3O2/c36-32(25-14-6-2-7-15-25)34(21-24-12-4-1-5-13-24)22-27-23-35(28-17-8-3-9-18-28)33-31(27)30-20-26-16-10-11-19-29(26)37-30/h1-20,23H,21-22H2. The third kappa shape index (κ3) is 4.80. The van der Waals surface area contributed by atoms with Gasteiger partial charge in [0.25, 0.3) is 5.91 Å². The average molecular weight is 484 g/mol. The van der Waals surface area contributed by atoms with Gasteiger partial charge in [-0.05, 0) is 42.0 Å². The van der Waals surface area contributed by atoms with Crippen molar-refractivity contribution in [2.24, 2.45) is 0 Å². The topological polar surface area (TPSA) is 51.3 Å². The van der Waals surface area contributed by atoms with Gasteiger partial charge >= 0.3 is 0 Å². The molecule has 180 valence electrons. The normalized spacial score (nSPS) is 11.0. The Balaban J connectivity index is 1.44. The van der Waals surface area contributed by atoms with E-state index < -0.39 is 0 Å². The number of fused-ring (bicyclic) bond motifs is 1. The summed E-state index contributed by atoms with van der Waals surface area (Å²) in [6.45, 7) is 0.854. The Bertz CT molecular complexity index is 1600. The first-order valence-corrected chi connectivity index (χ1v) is 12.3. The number of rotatable bonds is 7. The van der Waals surface area contributed by atoms with Crippen LogP contribution in [0.3, 0.4) is 0 Å². The summed E-state index contributed by atoms with van der Waals surface area (Å²) in [6, 6.07) is 39.4. The third-order valence-electron chi connectivity index (χ3n) is 6.36. The lowest BCUT2D eigenvalue weighted by atomic mass is 10.1. The summed E-state index contributed by atoms with van der Waals surface area (Å²) in [5.41, 5.74) is 5.09. The van der Waals surface area contributed by atoms with Crippen LogP contribution in [0.2, 0.25) is 0 Å². The van der Waals surface area contributed by atoms with E-state index in [9.17, 15) is 4.79 Å². The maximum atomic E-state index is 13.7. The van der Waals surface area contributed by atoms with Gasteiger partial charge in [0.05, 0.1) is 12.2 Å². The molecule has 0 aliphatic rings. The largest absolute Gasteiger partial charge is 0.454 e. The molecular weight excluding hydrogens is 458 g/mol. The van der Waals surface area contributed by atoms with Gasteiger partial charge < -0.3 is 9.32 Å². The number of carbonyl (C=O) groups is 1. The SMILES string of the molecule is O=C(c1ccccc1)N(Cc1ccccc1)Cc1cn(-c2ccccc2)nc1-c1cc2ccccc2o1. The molecule has 5 nitrogen and oxygen atoms in total. The van der Waals surface area contributed by atoms with Gasteiger partial charge in [0.1, 0.15) is 11.3 Å². The molecule has 0 radical (unpaired) electrons. The van der Waals surface area contributed by atoms with Crippen LogP contribution in [0.4, 0.5) is 0 Å². The summed E-state index contributed by atoms with van der Waals surface area (Å²) in [5, 5.41) is 5.94. The molecule has 0 aliphatic carbocycles. The fourth-order valence-corrected chi connectivity index (χ4v) is 4.52. The lowest BCUT2D eigenvalue weighted by molar-refractivity contribution is 0.0730. The van der Waals surface area contributed by atoms with Crippen molar-refractivity contribution in [3.63, 3.8) is 0 Å². The average Bonchev–Trinajstić information content (AvgIpc) is 3.58. The highest BCUT2D eigenvalue weighted by Crippen LogP contribution is 2.31. The lowest BCUT2D eigenvalue weighted by Gasteiger charge is -2.23. The molecule has 0 atom stereocenters. The first-order valence-electron chi connectivity index (χ1n) is 12.3. The molecule has 0 spiro atoms. The van der Waals surface area contributed by atoms with E-state index in [0.717, 1.165) is 33.5 Å². The minimum absolute atomic E-state index is 0.0347. The highest BCUT2D eigenvalue weighted by atomic mass is 16.3. The first kappa shape index (κ1) is 22.6. The first-order chi connectivity index (χ1) is 18.2. The molecular formula is C32H25N3O2. The number of benzene rings is 4. The molecule has 0 fully saturated rings. The van der Waals surface area contributed by atoms with Gasteiger partial charge in [0.2, 0.25) is 0 Å². The Kier molecular flexibility index (Phi) is 6.09. The van der Waals surface area contributed by atoms with Crippen LogP contribution in [0.25, 0.3) is 28.1 Å². The maximum Gasteiger partial charge on any atom is 0.254 e. The monoisotopic (exact) mass is 483 g/mol. The summed E-state index contributed by atoms with van der Waals surface area (Å²) in [4.78, 5) is 15.6. The predicted molar refractivity (Wildman–Crippen MR) is 145 cm³/mol. The number of hydrogen-bond donors (Lipinski definition) is 0. The van der Waals surface area contributed by atoms with E-state index in [2.05, 4.69) is 0 Å². The lowest BCUT2D eigenvalue weighted by Crippen LogP contribution is -2.30. The Morgan fingerprint density at radius 3 is 2.14 bits per heavy atom. The van der Waals surface area contributed by atoms with Crippen LogP contribution < -0.4 is 0 Å². The van der Waals surface area contributed by atoms with Gasteiger partial charge in [-0.2, -0.15) is 5.10 Å². The van der Waals surface area contributed by atoms with Crippen LogP contribution in [-0.4, -0.2) is 20.6 Å². The molecule has 37 heavy (non-hydrogen) atoms. The zero-order valence-corrected chi connectivity index (χ0v) is 20.2. The van der Waals surface area contributed by atoms with E-state index in [1.54, 1.807) is 0 Å². The summed E-state index contributed by atoms with van der Waals surface area (Å²) < 4.78 is 8.06. The van der Waals surface area contributed by atoms with Crippen molar-refractivity contribution < 1.29 is 9.21 Å².